The van der Waals surface area contributed by atoms with Gasteiger partial charge in [-0.1, -0.05) is 0 Å². The summed E-state index contributed by atoms with van der Waals surface area (Å²) in [6, 6.07) is 1.64. The molecule has 0 aromatic carbocycles. The van der Waals surface area contributed by atoms with Gasteiger partial charge in [-0.2, -0.15) is 0 Å². The van der Waals surface area contributed by atoms with Crippen LogP contribution in [0.3, 0.4) is 0 Å². The number of carboxylic acids is 1. The minimum absolute atomic E-state index is 0.0530. The number of amides is 1. The number of carbonyl (C=O) groups is 2. The van der Waals surface area contributed by atoms with Crippen molar-refractivity contribution in [3.63, 3.8) is 0 Å². The maximum Gasteiger partial charge on any atom is 0.327 e. The predicted octanol–water partition coefficient (Wildman–Crippen LogP) is 2.03. The fourth-order valence-electron chi connectivity index (χ4n) is 1.53. The molecular formula is C12H17ClN2O3. The number of aromatic nitrogens is 1. The van der Waals surface area contributed by atoms with Crippen molar-refractivity contribution in [1.82, 2.24) is 9.47 Å². The summed E-state index contributed by atoms with van der Waals surface area (Å²) in [6.07, 6.45) is 5.09. The molecule has 5 nitrogen and oxygen atoms in total. The number of hydrogen-bond donors (Lipinski definition) is 1. The van der Waals surface area contributed by atoms with Gasteiger partial charge in [0.2, 0.25) is 0 Å². The number of hydrogen-bond acceptors (Lipinski definition) is 2. The summed E-state index contributed by atoms with van der Waals surface area (Å²) >= 11 is 5.60. The second-order valence-corrected chi connectivity index (χ2v) is 4.45. The van der Waals surface area contributed by atoms with Gasteiger partial charge >= 0.3 is 12.0 Å². The van der Waals surface area contributed by atoms with Crippen molar-refractivity contribution in [3.05, 3.63) is 24.0 Å². The summed E-state index contributed by atoms with van der Waals surface area (Å²) in [5, 5.41) is 8.56. The molecule has 6 heteroatoms. The third kappa shape index (κ3) is 4.41. The lowest BCUT2D eigenvalue weighted by Gasteiger charge is -2.16. The molecule has 0 aliphatic heterocycles. The average molecular weight is 273 g/mol. The molecule has 0 atom stereocenters. The van der Waals surface area contributed by atoms with Crippen LogP contribution < -0.4 is 0 Å². The van der Waals surface area contributed by atoms with E-state index in [0.717, 1.165) is 18.4 Å². The maximum absolute atomic E-state index is 11.9. The SMILES string of the molecule is CN(CCC(=O)O)C(=O)n1ccc(CCCCl)c1. The molecule has 0 spiro atoms. The molecule has 0 fully saturated rings. The third-order valence-electron chi connectivity index (χ3n) is 2.56. The van der Waals surface area contributed by atoms with E-state index in [9.17, 15) is 9.59 Å². The normalized spacial score (nSPS) is 10.3. The molecule has 1 amide bonds. The van der Waals surface area contributed by atoms with Gasteiger partial charge in [0.25, 0.3) is 0 Å². The van der Waals surface area contributed by atoms with Crippen LogP contribution in [0.1, 0.15) is 18.4 Å². The summed E-state index contributed by atoms with van der Waals surface area (Å²) in [6.45, 7) is 0.198. The van der Waals surface area contributed by atoms with Crippen molar-refractivity contribution in [2.24, 2.45) is 0 Å². The van der Waals surface area contributed by atoms with Crippen LogP contribution in [0, 0.1) is 0 Å². The van der Waals surface area contributed by atoms with Crippen LogP contribution in [0.15, 0.2) is 18.5 Å². The van der Waals surface area contributed by atoms with Crippen LogP contribution in [0.5, 0.6) is 0 Å². The van der Waals surface area contributed by atoms with E-state index in [1.165, 1.54) is 9.47 Å². The second kappa shape index (κ2) is 7.06. The number of halogens is 1. The topological polar surface area (TPSA) is 62.5 Å². The van der Waals surface area contributed by atoms with Crippen molar-refractivity contribution < 1.29 is 14.7 Å². The van der Waals surface area contributed by atoms with E-state index >= 15 is 0 Å². The van der Waals surface area contributed by atoms with Crippen LogP contribution in [0.2, 0.25) is 0 Å². The summed E-state index contributed by atoms with van der Waals surface area (Å²) in [4.78, 5) is 23.7. The molecule has 0 unspecified atom stereocenters. The first kappa shape index (κ1) is 14.6. The standard InChI is InChI=1S/C12H17ClN2O3/c1-14(7-5-11(16)17)12(18)15-8-4-10(9-15)3-2-6-13/h4,8-9H,2-3,5-7H2,1H3,(H,16,17). The first-order chi connectivity index (χ1) is 8.54. The Morgan fingerprint density at radius 1 is 1.50 bits per heavy atom. The molecule has 1 rings (SSSR count). The fraction of sp³-hybridized carbons (Fsp3) is 0.500. The van der Waals surface area contributed by atoms with Crippen molar-refractivity contribution in [2.75, 3.05) is 19.5 Å². The largest absolute Gasteiger partial charge is 0.481 e. The first-order valence-electron chi connectivity index (χ1n) is 5.74. The molecule has 0 aliphatic rings. The number of rotatable bonds is 6. The molecule has 0 saturated carbocycles. The van der Waals surface area contributed by atoms with Crippen LogP contribution in [0.25, 0.3) is 0 Å². The van der Waals surface area contributed by atoms with Crippen LogP contribution >= 0.6 is 11.6 Å². The number of carboxylic acid groups (broad SMARTS) is 1. The highest BCUT2D eigenvalue weighted by Gasteiger charge is 2.12. The zero-order valence-corrected chi connectivity index (χ0v) is 11.1. The molecule has 0 bridgehead atoms. The van der Waals surface area contributed by atoms with Crippen molar-refractivity contribution in [1.29, 1.82) is 0 Å². The average Bonchev–Trinajstić information content (AvgIpc) is 2.81. The summed E-state index contributed by atoms with van der Waals surface area (Å²) in [5.74, 6) is -0.317. The number of alkyl halides is 1. The Bertz CT molecular complexity index is 417. The fourth-order valence-corrected chi connectivity index (χ4v) is 1.67. The van der Waals surface area contributed by atoms with Gasteiger partial charge in [0, 0.05) is 31.9 Å². The molecule has 18 heavy (non-hydrogen) atoms. The van der Waals surface area contributed by atoms with Gasteiger partial charge in [0.15, 0.2) is 0 Å². The van der Waals surface area contributed by atoms with Gasteiger partial charge in [-0.15, -0.1) is 11.6 Å². The smallest absolute Gasteiger partial charge is 0.327 e. The van der Waals surface area contributed by atoms with E-state index in [1.54, 1.807) is 19.4 Å². The highest BCUT2D eigenvalue weighted by molar-refractivity contribution is 6.17. The molecule has 100 valence electrons. The lowest BCUT2D eigenvalue weighted by molar-refractivity contribution is -0.137. The Balaban J connectivity index is 2.54. The monoisotopic (exact) mass is 272 g/mol. The summed E-state index contributed by atoms with van der Waals surface area (Å²) in [7, 11) is 1.59. The summed E-state index contributed by atoms with van der Waals surface area (Å²) < 4.78 is 1.46. The van der Waals surface area contributed by atoms with Crippen LogP contribution in [-0.2, 0) is 11.2 Å². The Morgan fingerprint density at radius 3 is 2.83 bits per heavy atom. The molecule has 0 saturated heterocycles. The van der Waals surface area contributed by atoms with Gasteiger partial charge in [-0.25, -0.2) is 4.79 Å². The van der Waals surface area contributed by atoms with Crippen molar-refractivity contribution in [2.45, 2.75) is 19.3 Å². The van der Waals surface area contributed by atoms with Crippen molar-refractivity contribution in [3.8, 4) is 0 Å². The lowest BCUT2D eigenvalue weighted by Crippen LogP contribution is -2.32. The zero-order chi connectivity index (χ0) is 13.5. The van der Waals surface area contributed by atoms with Crippen LogP contribution in [0.4, 0.5) is 4.79 Å². The third-order valence-corrected chi connectivity index (χ3v) is 2.83. The highest BCUT2D eigenvalue weighted by Crippen LogP contribution is 2.06. The Morgan fingerprint density at radius 2 is 2.22 bits per heavy atom. The van der Waals surface area contributed by atoms with E-state index in [2.05, 4.69) is 0 Å². The first-order valence-corrected chi connectivity index (χ1v) is 6.28. The molecule has 1 N–H and O–H groups in total. The molecular weight excluding hydrogens is 256 g/mol. The van der Waals surface area contributed by atoms with Gasteiger partial charge in [0.1, 0.15) is 0 Å². The Hall–Kier alpha value is -1.49. The minimum atomic E-state index is -0.912. The number of carbonyl (C=O) groups excluding carboxylic acids is 1. The van der Waals surface area contributed by atoms with E-state index in [-0.39, 0.29) is 19.0 Å². The van der Waals surface area contributed by atoms with E-state index in [4.69, 9.17) is 16.7 Å². The Labute approximate surface area is 111 Å². The van der Waals surface area contributed by atoms with Gasteiger partial charge in [-0.05, 0) is 24.5 Å². The van der Waals surface area contributed by atoms with Gasteiger partial charge in [-0.3, -0.25) is 9.36 Å². The minimum Gasteiger partial charge on any atom is -0.481 e. The molecule has 0 radical (unpaired) electrons. The molecule has 1 aromatic rings. The van der Waals surface area contributed by atoms with Crippen LogP contribution in [-0.4, -0.2) is 46.0 Å². The molecule has 0 aliphatic carbocycles. The summed E-state index contributed by atoms with van der Waals surface area (Å²) in [5.41, 5.74) is 1.05. The van der Waals surface area contributed by atoms with Gasteiger partial charge < -0.3 is 10.0 Å². The molecule has 1 heterocycles. The predicted molar refractivity (Wildman–Crippen MR) is 69.1 cm³/mol. The van der Waals surface area contributed by atoms with Gasteiger partial charge in [0.05, 0.1) is 6.42 Å². The zero-order valence-electron chi connectivity index (χ0n) is 10.3. The highest BCUT2D eigenvalue weighted by atomic mass is 35.5. The number of aliphatic carboxylic acids is 1. The quantitative estimate of drug-likeness (QED) is 0.806. The number of nitrogens with zero attached hydrogens (tertiary/aromatic N) is 2. The molecule has 1 aromatic heterocycles. The number of aryl methyl sites for hydroxylation is 1. The Kier molecular flexibility index (Phi) is 5.71. The van der Waals surface area contributed by atoms with E-state index < -0.39 is 5.97 Å². The maximum atomic E-state index is 11.9. The van der Waals surface area contributed by atoms with E-state index in [1.807, 2.05) is 6.07 Å². The van der Waals surface area contributed by atoms with Crippen molar-refractivity contribution >= 4 is 23.6 Å². The second-order valence-electron chi connectivity index (χ2n) is 4.07. The van der Waals surface area contributed by atoms with E-state index in [0.29, 0.717) is 5.88 Å². The lowest BCUT2D eigenvalue weighted by atomic mass is 10.2.